The number of benzene rings is 1. The highest BCUT2D eigenvalue weighted by Gasteiger charge is 2.22. The van der Waals surface area contributed by atoms with Gasteiger partial charge in [0.1, 0.15) is 5.65 Å². The van der Waals surface area contributed by atoms with Gasteiger partial charge >= 0.3 is 0 Å². The molecule has 0 amide bonds. The van der Waals surface area contributed by atoms with Gasteiger partial charge in [0.05, 0.1) is 16.6 Å². The summed E-state index contributed by atoms with van der Waals surface area (Å²) in [6, 6.07) is 10.7. The number of nitrogens with zero attached hydrogens (tertiary/aromatic N) is 4. The van der Waals surface area contributed by atoms with Crippen molar-refractivity contribution in [1.29, 1.82) is 0 Å². The van der Waals surface area contributed by atoms with E-state index in [-0.39, 0.29) is 17.2 Å². The fourth-order valence-electron chi connectivity index (χ4n) is 4.44. The molecule has 3 heterocycles. The zero-order chi connectivity index (χ0) is 22.2. The van der Waals surface area contributed by atoms with E-state index in [2.05, 4.69) is 0 Å². The van der Waals surface area contributed by atoms with Gasteiger partial charge in [-0.15, -0.1) is 0 Å². The summed E-state index contributed by atoms with van der Waals surface area (Å²) < 4.78 is 3.41. The minimum absolute atomic E-state index is 0.0246. The van der Waals surface area contributed by atoms with Crippen LogP contribution in [0.5, 0.6) is 0 Å². The van der Waals surface area contributed by atoms with Gasteiger partial charge in [0.15, 0.2) is 5.16 Å². The van der Waals surface area contributed by atoms with Crippen molar-refractivity contribution in [2.75, 3.05) is 0 Å². The van der Waals surface area contributed by atoms with Crippen LogP contribution in [0, 0.1) is 6.92 Å². The van der Waals surface area contributed by atoms with Crippen molar-refractivity contribution in [3.8, 4) is 0 Å². The highest BCUT2D eigenvalue weighted by molar-refractivity contribution is 7.98. The molecule has 1 aliphatic rings. The quantitative estimate of drug-likeness (QED) is 0.307. The molecule has 3 aromatic heterocycles. The van der Waals surface area contributed by atoms with E-state index in [0.29, 0.717) is 38.2 Å². The highest BCUT2D eigenvalue weighted by Crippen LogP contribution is 2.32. The lowest BCUT2D eigenvalue weighted by molar-refractivity contribution is 0.326. The first-order chi connectivity index (χ1) is 15.5. The zero-order valence-corrected chi connectivity index (χ0v) is 19.3. The minimum atomic E-state index is -0.114. The SMILES string of the molecule is Cc1cccn2c(=O)cc(CSc3nc4cc(Cl)ccc4c(=O)n3C3CCCCC3)nc12. The molecule has 0 atom stereocenters. The van der Waals surface area contributed by atoms with Gasteiger partial charge in [-0.05, 0) is 49.6 Å². The van der Waals surface area contributed by atoms with Crippen molar-refractivity contribution in [3.63, 3.8) is 0 Å². The number of aryl methyl sites for hydroxylation is 1. The largest absolute Gasteiger partial charge is 0.284 e. The maximum atomic E-state index is 13.4. The first-order valence-corrected chi connectivity index (χ1v) is 12.2. The Hall–Kier alpha value is -2.64. The van der Waals surface area contributed by atoms with Gasteiger partial charge in [-0.1, -0.05) is 48.7 Å². The van der Waals surface area contributed by atoms with Crippen molar-refractivity contribution in [1.82, 2.24) is 18.9 Å². The van der Waals surface area contributed by atoms with Gasteiger partial charge in [0.2, 0.25) is 0 Å². The molecule has 0 radical (unpaired) electrons. The van der Waals surface area contributed by atoms with Gasteiger partial charge in [0, 0.05) is 29.1 Å². The smallest absolute Gasteiger partial charge is 0.262 e. The summed E-state index contributed by atoms with van der Waals surface area (Å²) in [5.74, 6) is 0.450. The first-order valence-electron chi connectivity index (χ1n) is 10.8. The van der Waals surface area contributed by atoms with Crippen LogP contribution in [0.15, 0.2) is 57.3 Å². The molecule has 0 saturated heterocycles. The Morgan fingerprint density at radius 1 is 1.09 bits per heavy atom. The van der Waals surface area contributed by atoms with E-state index >= 15 is 0 Å². The second-order valence-electron chi connectivity index (χ2n) is 8.28. The molecule has 0 aliphatic heterocycles. The number of fused-ring (bicyclic) bond motifs is 2. The van der Waals surface area contributed by atoms with Crippen molar-refractivity contribution in [2.24, 2.45) is 0 Å². The molecular weight excluding hydrogens is 444 g/mol. The summed E-state index contributed by atoms with van der Waals surface area (Å²) in [6.45, 7) is 1.94. The number of aromatic nitrogens is 4. The molecule has 0 unspecified atom stereocenters. The number of hydrogen-bond donors (Lipinski definition) is 0. The predicted octanol–water partition coefficient (Wildman–Crippen LogP) is 5.16. The Morgan fingerprint density at radius 2 is 1.91 bits per heavy atom. The molecule has 1 aliphatic carbocycles. The first kappa shape index (κ1) is 21.2. The topological polar surface area (TPSA) is 69.3 Å². The average Bonchev–Trinajstić information content (AvgIpc) is 2.79. The molecule has 0 N–H and O–H groups in total. The second-order valence-corrected chi connectivity index (χ2v) is 9.66. The Labute approximate surface area is 194 Å². The van der Waals surface area contributed by atoms with Gasteiger partial charge in [0.25, 0.3) is 11.1 Å². The number of hydrogen-bond acceptors (Lipinski definition) is 5. The van der Waals surface area contributed by atoms with Crippen LogP contribution in [0.1, 0.15) is 49.4 Å². The maximum Gasteiger partial charge on any atom is 0.262 e. The normalized spacial score (nSPS) is 14.9. The molecule has 0 spiro atoms. The Bertz CT molecular complexity index is 1440. The Morgan fingerprint density at radius 3 is 2.72 bits per heavy atom. The lowest BCUT2D eigenvalue weighted by Gasteiger charge is -2.26. The molecule has 0 bridgehead atoms. The fraction of sp³-hybridized carbons (Fsp3) is 0.333. The van der Waals surface area contributed by atoms with E-state index in [1.54, 1.807) is 34.9 Å². The molecule has 164 valence electrons. The fourth-order valence-corrected chi connectivity index (χ4v) is 5.56. The molecule has 32 heavy (non-hydrogen) atoms. The summed E-state index contributed by atoms with van der Waals surface area (Å²) in [5, 5.41) is 1.79. The lowest BCUT2D eigenvalue weighted by atomic mass is 9.95. The van der Waals surface area contributed by atoms with E-state index in [4.69, 9.17) is 21.6 Å². The maximum absolute atomic E-state index is 13.4. The van der Waals surface area contributed by atoms with Crippen LogP contribution in [0.4, 0.5) is 0 Å². The highest BCUT2D eigenvalue weighted by atomic mass is 35.5. The monoisotopic (exact) mass is 466 g/mol. The molecular formula is C24H23ClN4O2S. The van der Waals surface area contributed by atoms with Gasteiger partial charge in [-0.25, -0.2) is 9.97 Å². The summed E-state index contributed by atoms with van der Waals surface area (Å²) in [4.78, 5) is 35.5. The molecule has 1 saturated carbocycles. The molecule has 1 aromatic carbocycles. The van der Waals surface area contributed by atoms with Crippen LogP contribution in [0.3, 0.4) is 0 Å². The van der Waals surface area contributed by atoms with Gasteiger partial charge < -0.3 is 0 Å². The number of pyridine rings is 1. The third kappa shape index (κ3) is 3.95. The van der Waals surface area contributed by atoms with E-state index in [1.807, 2.05) is 23.6 Å². The number of rotatable bonds is 4. The average molecular weight is 467 g/mol. The molecule has 5 rings (SSSR count). The lowest BCUT2D eigenvalue weighted by Crippen LogP contribution is -2.29. The van der Waals surface area contributed by atoms with Crippen LogP contribution in [0.25, 0.3) is 16.6 Å². The second kappa shape index (κ2) is 8.71. The van der Waals surface area contributed by atoms with Crippen molar-refractivity contribution >= 4 is 39.9 Å². The van der Waals surface area contributed by atoms with Gasteiger partial charge in [-0.3, -0.25) is 18.6 Å². The van der Waals surface area contributed by atoms with Crippen molar-refractivity contribution < 1.29 is 0 Å². The minimum Gasteiger partial charge on any atom is -0.284 e. The van der Waals surface area contributed by atoms with E-state index in [0.717, 1.165) is 31.2 Å². The van der Waals surface area contributed by atoms with Crippen LogP contribution >= 0.6 is 23.4 Å². The summed E-state index contributed by atoms with van der Waals surface area (Å²) >= 11 is 7.62. The number of thioether (sulfide) groups is 1. The van der Waals surface area contributed by atoms with Crippen LogP contribution in [0.2, 0.25) is 5.02 Å². The molecule has 6 nitrogen and oxygen atoms in total. The van der Waals surface area contributed by atoms with Crippen LogP contribution in [-0.2, 0) is 5.75 Å². The van der Waals surface area contributed by atoms with E-state index in [1.165, 1.54) is 18.2 Å². The Balaban J connectivity index is 1.57. The van der Waals surface area contributed by atoms with E-state index < -0.39 is 0 Å². The standard InChI is InChI=1S/C24H23ClN4O2S/c1-15-6-5-11-28-21(30)13-17(26-22(15)28)14-32-24-27-20-12-16(25)9-10-19(20)23(31)29(24)18-7-3-2-4-8-18/h5-6,9-13,18H,2-4,7-8,14H2,1H3. The third-order valence-electron chi connectivity index (χ3n) is 6.06. The summed E-state index contributed by atoms with van der Waals surface area (Å²) in [6.07, 6.45) is 7.11. The van der Waals surface area contributed by atoms with Crippen molar-refractivity contribution in [2.45, 2.75) is 56.0 Å². The summed E-state index contributed by atoms with van der Waals surface area (Å²) in [5.41, 5.74) is 2.72. The van der Waals surface area contributed by atoms with Crippen LogP contribution in [-0.4, -0.2) is 18.9 Å². The number of halogens is 1. The predicted molar refractivity (Wildman–Crippen MR) is 129 cm³/mol. The van der Waals surface area contributed by atoms with Crippen molar-refractivity contribution in [3.05, 3.63) is 79.6 Å². The van der Waals surface area contributed by atoms with Crippen LogP contribution < -0.4 is 11.1 Å². The summed E-state index contributed by atoms with van der Waals surface area (Å²) in [7, 11) is 0. The molecule has 1 fully saturated rings. The molecule has 4 aromatic rings. The van der Waals surface area contributed by atoms with E-state index in [9.17, 15) is 9.59 Å². The van der Waals surface area contributed by atoms with Gasteiger partial charge in [-0.2, -0.15) is 0 Å². The molecule has 8 heteroatoms. The Kier molecular flexibility index (Phi) is 5.78. The zero-order valence-electron chi connectivity index (χ0n) is 17.8. The third-order valence-corrected chi connectivity index (χ3v) is 7.28.